The lowest BCUT2D eigenvalue weighted by molar-refractivity contribution is 0.231. The molecule has 1 N–H and O–H groups in total. The van der Waals surface area contributed by atoms with Gasteiger partial charge in [-0.3, -0.25) is 0 Å². The van der Waals surface area contributed by atoms with Crippen LogP contribution >= 0.6 is 11.3 Å². The highest BCUT2D eigenvalue weighted by atomic mass is 32.1. The fourth-order valence-electron chi connectivity index (χ4n) is 2.85. The third-order valence-corrected chi connectivity index (χ3v) is 4.49. The number of thiazole rings is 1. The van der Waals surface area contributed by atoms with Crippen molar-refractivity contribution in [2.75, 3.05) is 13.6 Å². The van der Waals surface area contributed by atoms with Crippen molar-refractivity contribution < 1.29 is 0 Å². The lowest BCUT2D eigenvalue weighted by Gasteiger charge is -2.31. The molecule has 1 aromatic heterocycles. The van der Waals surface area contributed by atoms with E-state index < -0.39 is 0 Å². The fraction of sp³-hybridized carbons (Fsp3) is 0.769. The summed E-state index contributed by atoms with van der Waals surface area (Å²) in [5.41, 5.74) is 1.32. The Labute approximate surface area is 102 Å². The fourth-order valence-corrected chi connectivity index (χ4v) is 3.48. The summed E-state index contributed by atoms with van der Waals surface area (Å²) in [6.45, 7) is 3.27. The average molecular weight is 238 g/mol. The molecule has 0 amide bonds. The molecule has 2 unspecified atom stereocenters. The second kappa shape index (κ2) is 5.78. The molecule has 1 saturated carbocycles. The predicted octanol–water partition coefficient (Wildman–Crippen LogP) is 3.02. The molecule has 0 spiro atoms. The van der Waals surface area contributed by atoms with Gasteiger partial charge in [0, 0.05) is 5.38 Å². The highest BCUT2D eigenvalue weighted by molar-refractivity contribution is 7.09. The van der Waals surface area contributed by atoms with E-state index in [4.69, 9.17) is 0 Å². The topological polar surface area (TPSA) is 24.9 Å². The van der Waals surface area contributed by atoms with E-state index in [1.807, 2.05) is 0 Å². The molecule has 0 radical (unpaired) electrons. The normalized spacial score (nSPS) is 25.9. The first-order valence-electron chi connectivity index (χ1n) is 6.35. The summed E-state index contributed by atoms with van der Waals surface area (Å²) in [5, 5.41) is 6.78. The lowest BCUT2D eigenvalue weighted by Crippen LogP contribution is -2.30. The van der Waals surface area contributed by atoms with E-state index in [1.165, 1.54) is 49.4 Å². The van der Waals surface area contributed by atoms with E-state index in [2.05, 4.69) is 29.7 Å². The third-order valence-electron chi connectivity index (χ3n) is 3.67. The minimum absolute atomic E-state index is 0.850. The van der Waals surface area contributed by atoms with Gasteiger partial charge in [0.2, 0.25) is 0 Å². The van der Waals surface area contributed by atoms with Crippen molar-refractivity contribution in [1.29, 1.82) is 0 Å². The number of nitrogens with zero attached hydrogens (tertiary/aromatic N) is 1. The van der Waals surface area contributed by atoms with Gasteiger partial charge >= 0.3 is 0 Å². The minimum atomic E-state index is 0.850. The van der Waals surface area contributed by atoms with E-state index in [9.17, 15) is 0 Å². The maximum Gasteiger partial charge on any atom is 0.0897 e. The first-order chi connectivity index (χ1) is 7.79. The number of hydrogen-bond donors (Lipinski definition) is 1. The van der Waals surface area contributed by atoms with Crippen LogP contribution in [0, 0.1) is 18.8 Å². The summed E-state index contributed by atoms with van der Waals surface area (Å²) < 4.78 is 0. The Hall–Kier alpha value is -0.410. The van der Waals surface area contributed by atoms with Crippen molar-refractivity contribution in [3.05, 3.63) is 16.1 Å². The number of nitrogens with one attached hydrogen (secondary N) is 1. The van der Waals surface area contributed by atoms with Gasteiger partial charge in [0.05, 0.1) is 10.7 Å². The van der Waals surface area contributed by atoms with Gasteiger partial charge in [0.25, 0.3) is 0 Å². The number of aryl methyl sites for hydroxylation is 1. The summed E-state index contributed by atoms with van der Waals surface area (Å²) >= 11 is 1.78. The van der Waals surface area contributed by atoms with Crippen LogP contribution < -0.4 is 5.32 Å². The van der Waals surface area contributed by atoms with Crippen molar-refractivity contribution in [3.8, 4) is 0 Å². The van der Waals surface area contributed by atoms with E-state index >= 15 is 0 Å². The Kier molecular flexibility index (Phi) is 4.36. The van der Waals surface area contributed by atoms with Crippen LogP contribution in [0.1, 0.15) is 36.4 Å². The van der Waals surface area contributed by atoms with Crippen LogP contribution in [0.2, 0.25) is 0 Å². The van der Waals surface area contributed by atoms with Crippen LogP contribution in [0.4, 0.5) is 0 Å². The Morgan fingerprint density at radius 3 is 2.75 bits per heavy atom. The zero-order valence-electron chi connectivity index (χ0n) is 10.3. The molecule has 0 saturated heterocycles. The molecule has 16 heavy (non-hydrogen) atoms. The monoisotopic (exact) mass is 238 g/mol. The third kappa shape index (κ3) is 3.05. The Balaban J connectivity index is 1.95. The Morgan fingerprint density at radius 1 is 1.38 bits per heavy atom. The van der Waals surface area contributed by atoms with E-state index in [1.54, 1.807) is 11.3 Å². The second-order valence-corrected chi connectivity index (χ2v) is 5.99. The van der Waals surface area contributed by atoms with E-state index in [-0.39, 0.29) is 0 Å². The zero-order valence-corrected chi connectivity index (χ0v) is 11.1. The van der Waals surface area contributed by atoms with Gasteiger partial charge in [0.1, 0.15) is 0 Å². The molecule has 90 valence electrons. The van der Waals surface area contributed by atoms with Crippen LogP contribution in [-0.4, -0.2) is 18.6 Å². The molecule has 2 atom stereocenters. The van der Waals surface area contributed by atoms with Crippen LogP contribution in [0.3, 0.4) is 0 Å². The summed E-state index contributed by atoms with van der Waals surface area (Å²) in [6.07, 6.45) is 6.81. The van der Waals surface area contributed by atoms with Gasteiger partial charge in [-0.1, -0.05) is 12.8 Å². The molecule has 1 aliphatic rings. The highest BCUT2D eigenvalue weighted by Gasteiger charge is 2.25. The molecular formula is C13H22N2S. The Morgan fingerprint density at radius 2 is 2.12 bits per heavy atom. The number of hydrogen-bond acceptors (Lipinski definition) is 3. The first-order valence-corrected chi connectivity index (χ1v) is 7.23. The van der Waals surface area contributed by atoms with Gasteiger partial charge in [-0.15, -0.1) is 11.3 Å². The minimum Gasteiger partial charge on any atom is -0.319 e. The zero-order chi connectivity index (χ0) is 11.4. The highest BCUT2D eigenvalue weighted by Crippen LogP contribution is 2.32. The summed E-state index contributed by atoms with van der Waals surface area (Å²) in [6, 6.07) is 0. The van der Waals surface area contributed by atoms with E-state index in [0.29, 0.717) is 0 Å². The van der Waals surface area contributed by atoms with Crippen molar-refractivity contribution in [2.24, 2.45) is 11.8 Å². The first kappa shape index (κ1) is 12.1. The molecular weight excluding hydrogens is 216 g/mol. The van der Waals surface area contributed by atoms with Crippen LogP contribution in [0.15, 0.2) is 5.38 Å². The van der Waals surface area contributed by atoms with E-state index in [0.717, 1.165) is 11.8 Å². The average Bonchev–Trinajstić information content (AvgIpc) is 2.67. The molecule has 2 nitrogen and oxygen atoms in total. The SMILES string of the molecule is CNCC1CCCCC1Cc1csc(C)n1. The van der Waals surface area contributed by atoms with Gasteiger partial charge in [-0.05, 0) is 51.6 Å². The molecule has 1 heterocycles. The summed E-state index contributed by atoms with van der Waals surface area (Å²) in [7, 11) is 2.07. The van der Waals surface area contributed by atoms with Gasteiger partial charge < -0.3 is 5.32 Å². The number of rotatable bonds is 4. The van der Waals surface area contributed by atoms with Crippen molar-refractivity contribution in [3.63, 3.8) is 0 Å². The maximum atomic E-state index is 4.60. The van der Waals surface area contributed by atoms with Crippen LogP contribution in [0.5, 0.6) is 0 Å². The van der Waals surface area contributed by atoms with Gasteiger partial charge in [-0.25, -0.2) is 4.98 Å². The molecule has 1 aliphatic carbocycles. The Bertz CT molecular complexity index is 319. The quantitative estimate of drug-likeness (QED) is 0.872. The van der Waals surface area contributed by atoms with Crippen LogP contribution in [-0.2, 0) is 6.42 Å². The smallest absolute Gasteiger partial charge is 0.0897 e. The summed E-state index contributed by atoms with van der Waals surface area (Å²) in [5.74, 6) is 1.71. The van der Waals surface area contributed by atoms with Gasteiger partial charge in [-0.2, -0.15) is 0 Å². The standard InChI is InChI=1S/C13H22N2S/c1-10-15-13(9-16-10)7-11-5-3-4-6-12(11)8-14-2/h9,11-12,14H,3-8H2,1-2H3. The molecule has 2 rings (SSSR count). The maximum absolute atomic E-state index is 4.60. The lowest BCUT2D eigenvalue weighted by atomic mass is 9.77. The molecule has 1 aromatic rings. The number of aromatic nitrogens is 1. The van der Waals surface area contributed by atoms with Gasteiger partial charge in [0.15, 0.2) is 0 Å². The molecule has 3 heteroatoms. The largest absolute Gasteiger partial charge is 0.319 e. The molecule has 0 bridgehead atoms. The second-order valence-electron chi connectivity index (χ2n) is 4.92. The summed E-state index contributed by atoms with van der Waals surface area (Å²) in [4.78, 5) is 4.60. The predicted molar refractivity (Wildman–Crippen MR) is 69.9 cm³/mol. The van der Waals surface area contributed by atoms with Crippen molar-refractivity contribution in [2.45, 2.75) is 39.0 Å². The molecule has 0 aliphatic heterocycles. The molecule has 0 aromatic carbocycles. The van der Waals surface area contributed by atoms with Crippen molar-refractivity contribution >= 4 is 11.3 Å². The van der Waals surface area contributed by atoms with Crippen molar-refractivity contribution in [1.82, 2.24) is 10.3 Å². The van der Waals surface area contributed by atoms with Crippen LogP contribution in [0.25, 0.3) is 0 Å². The molecule has 1 fully saturated rings.